The molecule has 3 heteroatoms. The van der Waals surface area contributed by atoms with Gasteiger partial charge in [-0.3, -0.25) is 0 Å². The molecule has 0 fully saturated rings. The Labute approximate surface area is 72.9 Å². The van der Waals surface area contributed by atoms with E-state index in [1.165, 1.54) is 0 Å². The molecule has 0 bridgehead atoms. The Morgan fingerprint density at radius 1 is 1.36 bits per heavy atom. The summed E-state index contributed by atoms with van der Waals surface area (Å²) in [5.74, 6) is 0. The van der Waals surface area contributed by atoms with Crippen LogP contribution in [0, 0.1) is 0 Å². The summed E-state index contributed by atoms with van der Waals surface area (Å²) in [4.78, 5) is 0. The first-order valence-corrected chi connectivity index (χ1v) is 5.77. The van der Waals surface area contributed by atoms with Gasteiger partial charge in [-0.25, -0.2) is 0 Å². The Hall–Kier alpha value is -0.300. The molecule has 0 spiro atoms. The first-order valence-electron chi connectivity index (χ1n) is 3.50. The van der Waals surface area contributed by atoms with E-state index < -0.39 is 6.92 Å². The predicted molar refractivity (Wildman–Crippen MR) is 52.0 cm³/mol. The number of hydrogen-bond donors (Lipinski definition) is 0. The van der Waals surface area contributed by atoms with Crippen LogP contribution in [0.1, 0.15) is 6.92 Å². The molecule has 58 valence electrons. The van der Waals surface area contributed by atoms with E-state index in [4.69, 9.17) is 16.3 Å². The lowest BCUT2D eigenvalue weighted by atomic mass is 10.4. The largest absolute Gasteiger partial charge is 0.377 e. The van der Waals surface area contributed by atoms with Gasteiger partial charge in [0.15, 0.2) is 5.30 Å². The second-order valence-corrected chi connectivity index (χ2v) is 4.29. The van der Waals surface area contributed by atoms with E-state index in [9.17, 15) is 0 Å². The van der Waals surface area contributed by atoms with Crippen molar-refractivity contribution < 1.29 is 4.52 Å². The number of hydrogen-bond acceptors (Lipinski definition) is 2. The monoisotopic (exact) mass is 185 g/mol. The van der Waals surface area contributed by atoms with Crippen molar-refractivity contribution in [3.8, 4) is 0 Å². The van der Waals surface area contributed by atoms with E-state index in [0.717, 1.165) is 5.30 Å². The lowest BCUT2D eigenvalue weighted by molar-refractivity contribution is 0.393. The molecule has 1 aromatic carbocycles. The van der Waals surface area contributed by atoms with Gasteiger partial charge in [-0.15, -0.1) is 0 Å². The topological polar surface area (TPSA) is 9.23 Å². The Balaban J connectivity index is 2.69. The molecule has 11 heavy (non-hydrogen) atoms. The molecular formula is C8H10OPS+. The standard InChI is InChI=1S/C8H10OPS/c1-2-9-10(11)8-6-4-3-5-7-8/h3-7H,2H2,1H3/q+1. The minimum Gasteiger partial charge on any atom is -0.164 e. The maximum absolute atomic E-state index is 5.31. The van der Waals surface area contributed by atoms with Crippen LogP contribution in [-0.2, 0) is 16.3 Å². The van der Waals surface area contributed by atoms with Crippen LogP contribution in [0.3, 0.4) is 0 Å². The Bertz CT molecular complexity index is 235. The van der Waals surface area contributed by atoms with Crippen LogP contribution in [0.5, 0.6) is 0 Å². The quantitative estimate of drug-likeness (QED) is 0.668. The van der Waals surface area contributed by atoms with Crippen molar-refractivity contribution >= 4 is 24.0 Å². The van der Waals surface area contributed by atoms with E-state index in [1.807, 2.05) is 37.3 Å². The molecule has 0 aromatic heterocycles. The van der Waals surface area contributed by atoms with Crippen molar-refractivity contribution in [2.75, 3.05) is 6.61 Å². The van der Waals surface area contributed by atoms with E-state index in [1.54, 1.807) is 0 Å². The first kappa shape index (κ1) is 8.79. The van der Waals surface area contributed by atoms with E-state index in [-0.39, 0.29) is 0 Å². The molecule has 1 aromatic rings. The van der Waals surface area contributed by atoms with Crippen LogP contribution < -0.4 is 5.30 Å². The molecule has 1 atom stereocenters. The van der Waals surface area contributed by atoms with Gasteiger partial charge in [-0.1, -0.05) is 18.2 Å². The third-order valence-corrected chi connectivity index (χ3v) is 3.37. The molecule has 0 saturated carbocycles. The average molecular weight is 185 g/mol. The zero-order chi connectivity index (χ0) is 8.10. The van der Waals surface area contributed by atoms with Crippen molar-refractivity contribution in [1.82, 2.24) is 0 Å². The minimum absolute atomic E-state index is 0.699. The zero-order valence-electron chi connectivity index (χ0n) is 6.36. The van der Waals surface area contributed by atoms with Crippen molar-refractivity contribution in [2.24, 2.45) is 0 Å². The zero-order valence-corrected chi connectivity index (χ0v) is 8.07. The van der Waals surface area contributed by atoms with Crippen LogP contribution in [0.15, 0.2) is 30.3 Å². The highest BCUT2D eigenvalue weighted by Gasteiger charge is 2.13. The highest BCUT2D eigenvalue weighted by atomic mass is 32.4. The van der Waals surface area contributed by atoms with Crippen LogP contribution >= 0.6 is 6.92 Å². The van der Waals surface area contributed by atoms with Crippen LogP contribution in [0.2, 0.25) is 0 Å². The molecule has 0 amide bonds. The summed E-state index contributed by atoms with van der Waals surface area (Å²) in [6, 6.07) is 9.96. The Kier molecular flexibility index (Phi) is 3.64. The first-order chi connectivity index (χ1) is 5.34. The predicted octanol–water partition coefficient (Wildman–Crippen LogP) is 2.21. The Morgan fingerprint density at radius 3 is 2.55 bits per heavy atom. The summed E-state index contributed by atoms with van der Waals surface area (Å²) in [5, 5.41) is 1.12. The number of benzene rings is 1. The second kappa shape index (κ2) is 4.55. The van der Waals surface area contributed by atoms with Gasteiger partial charge >= 0.3 is 6.92 Å². The highest BCUT2D eigenvalue weighted by Crippen LogP contribution is 2.20. The van der Waals surface area contributed by atoms with Gasteiger partial charge in [0, 0.05) is 0 Å². The van der Waals surface area contributed by atoms with E-state index in [0.29, 0.717) is 6.61 Å². The van der Waals surface area contributed by atoms with Gasteiger partial charge in [0.25, 0.3) is 0 Å². The highest BCUT2D eigenvalue weighted by molar-refractivity contribution is 8.06. The van der Waals surface area contributed by atoms with Crippen molar-refractivity contribution in [1.29, 1.82) is 0 Å². The summed E-state index contributed by atoms with van der Waals surface area (Å²) in [7, 11) is 0. The number of rotatable bonds is 3. The molecule has 0 aliphatic carbocycles. The third-order valence-electron chi connectivity index (χ3n) is 1.21. The normalized spacial score (nSPS) is 11.2. The summed E-state index contributed by atoms with van der Waals surface area (Å²) >= 11 is 5.15. The van der Waals surface area contributed by atoms with Crippen LogP contribution in [0.25, 0.3) is 0 Å². The van der Waals surface area contributed by atoms with Crippen molar-refractivity contribution in [3.05, 3.63) is 30.3 Å². The fourth-order valence-electron chi connectivity index (χ4n) is 0.742. The molecule has 1 rings (SSSR count). The molecular weight excluding hydrogens is 175 g/mol. The molecule has 0 radical (unpaired) electrons. The molecule has 1 nitrogen and oxygen atoms in total. The molecule has 0 saturated heterocycles. The fourth-order valence-corrected chi connectivity index (χ4v) is 2.22. The minimum atomic E-state index is -0.792. The summed E-state index contributed by atoms with van der Waals surface area (Å²) < 4.78 is 5.31. The second-order valence-electron chi connectivity index (χ2n) is 2.01. The average Bonchev–Trinajstić information content (AvgIpc) is 2.07. The summed E-state index contributed by atoms with van der Waals surface area (Å²) in [5.41, 5.74) is 0. The van der Waals surface area contributed by atoms with Gasteiger partial charge in [0.1, 0.15) is 0 Å². The summed E-state index contributed by atoms with van der Waals surface area (Å²) in [6.07, 6.45) is 0. The van der Waals surface area contributed by atoms with Crippen molar-refractivity contribution in [2.45, 2.75) is 6.92 Å². The Morgan fingerprint density at radius 2 is 2.00 bits per heavy atom. The van der Waals surface area contributed by atoms with Gasteiger partial charge in [-0.2, -0.15) is 4.52 Å². The van der Waals surface area contributed by atoms with Crippen LogP contribution in [0.4, 0.5) is 0 Å². The molecule has 0 aliphatic heterocycles. The molecule has 0 N–H and O–H groups in total. The van der Waals surface area contributed by atoms with Crippen molar-refractivity contribution in [3.63, 3.8) is 0 Å². The van der Waals surface area contributed by atoms with Gasteiger partial charge in [0.2, 0.25) is 11.8 Å². The lowest BCUT2D eigenvalue weighted by Crippen LogP contribution is -1.95. The van der Waals surface area contributed by atoms with E-state index >= 15 is 0 Å². The van der Waals surface area contributed by atoms with Crippen LogP contribution in [-0.4, -0.2) is 6.61 Å². The molecule has 0 heterocycles. The van der Waals surface area contributed by atoms with Gasteiger partial charge in [-0.05, 0) is 19.1 Å². The fraction of sp³-hybridized carbons (Fsp3) is 0.250. The van der Waals surface area contributed by atoms with Gasteiger partial charge in [0.05, 0.1) is 6.61 Å². The lowest BCUT2D eigenvalue weighted by Gasteiger charge is -1.87. The SMILES string of the molecule is CCO[P+](=S)c1ccccc1. The van der Waals surface area contributed by atoms with E-state index in [2.05, 4.69) is 0 Å². The third kappa shape index (κ3) is 2.66. The smallest absolute Gasteiger partial charge is 0.164 e. The summed E-state index contributed by atoms with van der Waals surface area (Å²) in [6.45, 7) is 1.87. The maximum atomic E-state index is 5.31. The molecule has 1 unspecified atom stereocenters. The van der Waals surface area contributed by atoms with Gasteiger partial charge < -0.3 is 0 Å². The molecule has 0 aliphatic rings. The maximum Gasteiger partial charge on any atom is 0.377 e.